The lowest BCUT2D eigenvalue weighted by Gasteiger charge is -2.33. The minimum atomic E-state index is -0.144. The van der Waals surface area contributed by atoms with Gasteiger partial charge in [0.1, 0.15) is 0 Å². The van der Waals surface area contributed by atoms with Crippen LogP contribution in [0.4, 0.5) is 0 Å². The van der Waals surface area contributed by atoms with Gasteiger partial charge in [-0.05, 0) is 32.6 Å². The first-order valence-corrected chi connectivity index (χ1v) is 7.20. The summed E-state index contributed by atoms with van der Waals surface area (Å²) in [5.41, 5.74) is 0.982. The lowest BCUT2D eigenvalue weighted by Crippen LogP contribution is -2.28. The Morgan fingerprint density at radius 2 is 2.29 bits per heavy atom. The Balaban J connectivity index is 2.17. The number of hydrogen-bond acceptors (Lipinski definition) is 3. The maximum Gasteiger partial charge on any atom is 0.0946 e. The molecule has 0 spiro atoms. The molecule has 0 radical (unpaired) electrons. The number of thiazole rings is 1. The summed E-state index contributed by atoms with van der Waals surface area (Å²) < 4.78 is 0. The van der Waals surface area contributed by atoms with Gasteiger partial charge >= 0.3 is 0 Å². The van der Waals surface area contributed by atoms with Crippen LogP contribution in [0.5, 0.6) is 0 Å². The molecule has 1 fully saturated rings. The first-order valence-electron chi connectivity index (χ1n) is 6.39. The zero-order valence-electron chi connectivity index (χ0n) is 10.9. The van der Waals surface area contributed by atoms with Crippen LogP contribution >= 0.6 is 11.3 Å². The van der Waals surface area contributed by atoms with Crippen LogP contribution in [0.2, 0.25) is 0 Å². The average Bonchev–Trinajstić information content (AvgIpc) is 2.57. The van der Waals surface area contributed by atoms with Crippen molar-refractivity contribution in [1.82, 2.24) is 4.98 Å². The highest BCUT2D eigenvalue weighted by Gasteiger charge is 2.36. The molecular weight excluding hydrogens is 228 g/mol. The molecular formula is C14H20N2S. The summed E-state index contributed by atoms with van der Waals surface area (Å²) >= 11 is 1.76. The monoisotopic (exact) mass is 248 g/mol. The van der Waals surface area contributed by atoms with E-state index < -0.39 is 0 Å². The highest BCUT2D eigenvalue weighted by molar-refractivity contribution is 7.11. The number of nitriles is 1. The molecule has 1 heterocycles. The molecule has 0 bridgehead atoms. The van der Waals surface area contributed by atoms with Gasteiger partial charge in [-0.1, -0.05) is 19.8 Å². The van der Waals surface area contributed by atoms with Crippen LogP contribution in [0.15, 0.2) is 0 Å². The van der Waals surface area contributed by atoms with E-state index in [1.807, 2.05) is 0 Å². The molecule has 17 heavy (non-hydrogen) atoms. The number of hydrogen-bond donors (Lipinski definition) is 0. The molecule has 92 valence electrons. The van der Waals surface area contributed by atoms with Crippen molar-refractivity contribution in [2.24, 2.45) is 11.3 Å². The Morgan fingerprint density at radius 3 is 2.82 bits per heavy atom. The Kier molecular flexibility index (Phi) is 3.53. The van der Waals surface area contributed by atoms with Crippen molar-refractivity contribution in [2.45, 2.75) is 52.9 Å². The van der Waals surface area contributed by atoms with Crippen LogP contribution in [-0.4, -0.2) is 4.98 Å². The van der Waals surface area contributed by atoms with Gasteiger partial charge in [-0.3, -0.25) is 0 Å². The number of nitrogens with zero attached hydrogens (tertiary/aromatic N) is 2. The van der Waals surface area contributed by atoms with E-state index >= 15 is 0 Å². The lowest BCUT2D eigenvalue weighted by atomic mass is 9.69. The van der Waals surface area contributed by atoms with Gasteiger partial charge in [0.25, 0.3) is 0 Å². The SMILES string of the molecule is Cc1nc(CC2(C#N)CCCC(C)C2)sc1C. The third-order valence-electron chi connectivity index (χ3n) is 3.89. The van der Waals surface area contributed by atoms with E-state index in [0.717, 1.165) is 30.0 Å². The molecule has 1 aromatic heterocycles. The summed E-state index contributed by atoms with van der Waals surface area (Å²) in [7, 11) is 0. The summed E-state index contributed by atoms with van der Waals surface area (Å²) in [5.74, 6) is 0.686. The second-order valence-corrected chi connectivity index (χ2v) is 6.81. The second-order valence-electron chi connectivity index (χ2n) is 5.52. The Labute approximate surface area is 108 Å². The summed E-state index contributed by atoms with van der Waals surface area (Å²) in [5, 5.41) is 10.7. The summed E-state index contributed by atoms with van der Waals surface area (Å²) in [6, 6.07) is 2.59. The molecule has 0 aliphatic heterocycles. The molecule has 3 heteroatoms. The average molecular weight is 248 g/mol. The predicted octanol–water partition coefficient (Wildman–Crippen LogP) is 4.02. The number of rotatable bonds is 2. The normalized spacial score (nSPS) is 28.9. The highest BCUT2D eigenvalue weighted by Crippen LogP contribution is 2.42. The van der Waals surface area contributed by atoms with Gasteiger partial charge < -0.3 is 0 Å². The molecule has 2 unspecified atom stereocenters. The van der Waals surface area contributed by atoms with Crippen molar-refractivity contribution in [1.29, 1.82) is 5.26 Å². The zero-order chi connectivity index (χ0) is 12.5. The van der Waals surface area contributed by atoms with Crippen LogP contribution < -0.4 is 0 Å². The van der Waals surface area contributed by atoms with Crippen molar-refractivity contribution in [3.63, 3.8) is 0 Å². The maximum atomic E-state index is 9.52. The standard InChI is InChI=1S/C14H20N2S/c1-10-5-4-6-14(7-10,9-15)8-13-16-11(2)12(3)17-13/h10H,4-8H2,1-3H3. The molecule has 1 aromatic rings. The fourth-order valence-corrected chi connectivity index (χ4v) is 3.94. The van der Waals surface area contributed by atoms with Crippen molar-refractivity contribution in [3.8, 4) is 6.07 Å². The predicted molar refractivity (Wildman–Crippen MR) is 71.0 cm³/mol. The quantitative estimate of drug-likeness (QED) is 0.792. The van der Waals surface area contributed by atoms with E-state index in [0.29, 0.717) is 5.92 Å². The summed E-state index contributed by atoms with van der Waals surface area (Å²) in [4.78, 5) is 5.88. The number of aryl methyl sites for hydroxylation is 2. The third-order valence-corrected chi connectivity index (χ3v) is 4.96. The minimum absolute atomic E-state index is 0.144. The molecule has 2 rings (SSSR count). The van der Waals surface area contributed by atoms with E-state index in [2.05, 4.69) is 31.8 Å². The van der Waals surface area contributed by atoms with Gasteiger partial charge in [-0.2, -0.15) is 5.26 Å². The first-order chi connectivity index (χ1) is 8.04. The second kappa shape index (κ2) is 4.78. The molecule has 1 saturated carbocycles. The fourth-order valence-electron chi connectivity index (χ4n) is 2.87. The van der Waals surface area contributed by atoms with Gasteiger partial charge in [0.2, 0.25) is 0 Å². The Hall–Kier alpha value is -0.880. The van der Waals surface area contributed by atoms with Gasteiger partial charge in [-0.15, -0.1) is 11.3 Å². The largest absolute Gasteiger partial charge is 0.246 e. The van der Waals surface area contributed by atoms with E-state index in [-0.39, 0.29) is 5.41 Å². The molecule has 0 aromatic carbocycles. The van der Waals surface area contributed by atoms with Crippen molar-refractivity contribution in [3.05, 3.63) is 15.6 Å². The molecule has 1 aliphatic rings. The fraction of sp³-hybridized carbons (Fsp3) is 0.714. The van der Waals surface area contributed by atoms with Crippen molar-refractivity contribution in [2.75, 3.05) is 0 Å². The highest BCUT2D eigenvalue weighted by atomic mass is 32.1. The van der Waals surface area contributed by atoms with E-state index in [9.17, 15) is 5.26 Å². The van der Waals surface area contributed by atoms with Gasteiger partial charge in [0, 0.05) is 11.3 Å². The molecule has 0 amide bonds. The van der Waals surface area contributed by atoms with Crippen LogP contribution in [0.25, 0.3) is 0 Å². The molecule has 1 aliphatic carbocycles. The van der Waals surface area contributed by atoms with Crippen LogP contribution in [0.3, 0.4) is 0 Å². The molecule has 0 saturated heterocycles. The topological polar surface area (TPSA) is 36.7 Å². The Morgan fingerprint density at radius 1 is 1.53 bits per heavy atom. The van der Waals surface area contributed by atoms with Gasteiger partial charge in [0.05, 0.1) is 22.2 Å². The smallest absolute Gasteiger partial charge is 0.0946 e. The zero-order valence-corrected chi connectivity index (χ0v) is 11.7. The van der Waals surface area contributed by atoms with Crippen molar-refractivity contribution < 1.29 is 0 Å². The molecule has 2 nitrogen and oxygen atoms in total. The van der Waals surface area contributed by atoms with Crippen LogP contribution in [0.1, 0.15) is 48.2 Å². The van der Waals surface area contributed by atoms with Gasteiger partial charge in [0.15, 0.2) is 0 Å². The van der Waals surface area contributed by atoms with Crippen molar-refractivity contribution >= 4 is 11.3 Å². The maximum absolute atomic E-state index is 9.52. The van der Waals surface area contributed by atoms with E-state index in [1.54, 1.807) is 11.3 Å². The molecule has 2 atom stereocenters. The van der Waals surface area contributed by atoms with Gasteiger partial charge in [-0.25, -0.2) is 4.98 Å². The summed E-state index contributed by atoms with van der Waals surface area (Å²) in [6.07, 6.45) is 5.41. The molecule has 0 N–H and O–H groups in total. The Bertz CT molecular complexity index is 424. The van der Waals surface area contributed by atoms with E-state index in [1.165, 1.54) is 17.7 Å². The summed E-state index contributed by atoms with van der Waals surface area (Å²) in [6.45, 7) is 6.43. The van der Waals surface area contributed by atoms with Crippen LogP contribution in [-0.2, 0) is 6.42 Å². The number of aromatic nitrogens is 1. The lowest BCUT2D eigenvalue weighted by molar-refractivity contribution is 0.209. The van der Waals surface area contributed by atoms with E-state index in [4.69, 9.17) is 0 Å². The third kappa shape index (κ3) is 2.69. The van der Waals surface area contributed by atoms with Crippen LogP contribution in [0, 0.1) is 36.5 Å². The minimum Gasteiger partial charge on any atom is -0.246 e. The first kappa shape index (κ1) is 12.6.